The molecule has 0 atom stereocenters. The lowest BCUT2D eigenvalue weighted by molar-refractivity contribution is 0.0746. The molecule has 1 N–H and O–H groups in total. The van der Waals surface area contributed by atoms with Gasteiger partial charge in [0.25, 0.3) is 5.56 Å². The van der Waals surface area contributed by atoms with Crippen molar-refractivity contribution in [3.05, 3.63) is 39.4 Å². The average molecular weight is 334 g/mol. The number of benzene rings is 1. The molecule has 0 aliphatic heterocycles. The van der Waals surface area contributed by atoms with E-state index < -0.39 is 0 Å². The van der Waals surface area contributed by atoms with Crippen molar-refractivity contribution < 1.29 is 4.74 Å². The van der Waals surface area contributed by atoms with E-state index in [2.05, 4.69) is 4.98 Å². The lowest BCUT2D eigenvalue weighted by Crippen LogP contribution is -2.22. The minimum Gasteiger partial charge on any atom is -0.379 e. The van der Waals surface area contributed by atoms with E-state index in [1.165, 1.54) is 11.3 Å². The van der Waals surface area contributed by atoms with Crippen LogP contribution in [0.15, 0.2) is 29.1 Å². The maximum absolute atomic E-state index is 12.7. The monoisotopic (exact) mass is 334 g/mol. The lowest BCUT2D eigenvalue weighted by atomic mass is 10.2. The van der Waals surface area contributed by atoms with Crippen LogP contribution in [-0.4, -0.2) is 22.3 Å². The summed E-state index contributed by atoms with van der Waals surface area (Å²) in [5, 5.41) is 1.06. The Morgan fingerprint density at radius 1 is 1.36 bits per heavy atom. The minimum absolute atomic E-state index is 0.00973. The Balaban J connectivity index is 2.00. The van der Waals surface area contributed by atoms with Gasteiger partial charge in [0.1, 0.15) is 4.70 Å². The fraction of sp³-hybridized carbons (Fsp3) is 0.375. The van der Waals surface area contributed by atoms with Crippen LogP contribution in [0.4, 0.5) is 0 Å². The maximum atomic E-state index is 12.7. The van der Waals surface area contributed by atoms with E-state index >= 15 is 0 Å². The van der Waals surface area contributed by atoms with E-state index in [1.54, 1.807) is 4.57 Å². The third-order valence-corrected chi connectivity index (χ3v) is 4.97. The normalized spacial score (nSPS) is 11.8. The highest BCUT2D eigenvalue weighted by molar-refractivity contribution is 7.71. The smallest absolute Gasteiger partial charge is 0.272 e. The standard InChI is InChI=1S/C16H18N2O2S2/c1-10(2)20-9-5-8-18-15(19)14-13(17-16(18)21)11-6-3-4-7-12(11)22-14/h3-4,6-7,10H,5,8-9H2,1-2H3,(H,17,21). The molecule has 3 aromatic rings. The number of nitrogens with zero attached hydrogens (tertiary/aromatic N) is 1. The van der Waals surface area contributed by atoms with Crippen LogP contribution < -0.4 is 5.56 Å². The van der Waals surface area contributed by atoms with Crippen molar-refractivity contribution in [1.82, 2.24) is 9.55 Å². The van der Waals surface area contributed by atoms with Gasteiger partial charge in [0.05, 0.1) is 11.6 Å². The number of aromatic amines is 1. The first-order chi connectivity index (χ1) is 10.6. The van der Waals surface area contributed by atoms with Gasteiger partial charge in [-0.2, -0.15) is 0 Å². The summed E-state index contributed by atoms with van der Waals surface area (Å²) in [6, 6.07) is 7.99. The number of rotatable bonds is 5. The fourth-order valence-electron chi connectivity index (χ4n) is 2.45. The van der Waals surface area contributed by atoms with Crippen LogP contribution in [-0.2, 0) is 11.3 Å². The molecule has 0 fully saturated rings. The van der Waals surface area contributed by atoms with Gasteiger partial charge in [-0.3, -0.25) is 9.36 Å². The Hall–Kier alpha value is -1.50. The minimum atomic E-state index is -0.00973. The molecule has 0 aliphatic carbocycles. The maximum Gasteiger partial charge on any atom is 0.272 e. The summed E-state index contributed by atoms with van der Waals surface area (Å²) in [4.78, 5) is 15.9. The Labute approximate surface area is 137 Å². The molecule has 2 aromatic heterocycles. The van der Waals surface area contributed by atoms with Crippen LogP contribution in [0, 0.1) is 4.77 Å². The van der Waals surface area contributed by atoms with Gasteiger partial charge in [-0.1, -0.05) is 18.2 Å². The Kier molecular flexibility index (Phi) is 4.42. The third kappa shape index (κ3) is 2.86. The molecule has 4 nitrogen and oxygen atoms in total. The summed E-state index contributed by atoms with van der Waals surface area (Å²) >= 11 is 6.88. The number of hydrogen-bond acceptors (Lipinski definition) is 4. The van der Waals surface area contributed by atoms with E-state index in [-0.39, 0.29) is 11.7 Å². The second-order valence-electron chi connectivity index (χ2n) is 5.46. The molecule has 6 heteroatoms. The van der Waals surface area contributed by atoms with E-state index in [0.29, 0.717) is 17.9 Å². The summed E-state index contributed by atoms with van der Waals surface area (Å²) in [6.45, 7) is 5.21. The number of thiophene rings is 1. The molecule has 0 radical (unpaired) electrons. The Bertz CT molecular complexity index is 921. The number of ether oxygens (including phenoxy) is 1. The molecule has 116 valence electrons. The number of H-pyrrole nitrogens is 1. The van der Waals surface area contributed by atoms with E-state index in [1.807, 2.05) is 38.1 Å². The zero-order valence-electron chi connectivity index (χ0n) is 12.6. The second kappa shape index (κ2) is 6.32. The first kappa shape index (κ1) is 15.4. The van der Waals surface area contributed by atoms with Gasteiger partial charge in [0.2, 0.25) is 0 Å². The topological polar surface area (TPSA) is 47.0 Å². The van der Waals surface area contributed by atoms with Gasteiger partial charge < -0.3 is 9.72 Å². The van der Waals surface area contributed by atoms with Crippen molar-refractivity contribution in [3.63, 3.8) is 0 Å². The fourth-order valence-corrected chi connectivity index (χ4v) is 3.84. The van der Waals surface area contributed by atoms with Gasteiger partial charge in [0.15, 0.2) is 4.77 Å². The van der Waals surface area contributed by atoms with Crippen LogP contribution in [0.5, 0.6) is 0 Å². The van der Waals surface area contributed by atoms with Gasteiger partial charge in [-0.15, -0.1) is 11.3 Å². The third-order valence-electron chi connectivity index (χ3n) is 3.49. The van der Waals surface area contributed by atoms with E-state index in [9.17, 15) is 4.79 Å². The number of hydrogen-bond donors (Lipinski definition) is 1. The first-order valence-corrected chi connectivity index (χ1v) is 8.56. The molecule has 0 bridgehead atoms. The molecule has 0 aliphatic rings. The van der Waals surface area contributed by atoms with Crippen molar-refractivity contribution in [2.45, 2.75) is 32.9 Å². The summed E-state index contributed by atoms with van der Waals surface area (Å²) in [7, 11) is 0. The SMILES string of the molecule is CC(C)OCCCn1c(=S)[nH]c2c(sc3ccccc32)c1=O. The first-order valence-electron chi connectivity index (χ1n) is 7.34. The largest absolute Gasteiger partial charge is 0.379 e. The molecule has 3 rings (SSSR count). The summed E-state index contributed by atoms with van der Waals surface area (Å²) < 4.78 is 9.47. The summed E-state index contributed by atoms with van der Waals surface area (Å²) in [5.74, 6) is 0. The quantitative estimate of drug-likeness (QED) is 0.565. The van der Waals surface area contributed by atoms with Crippen molar-refractivity contribution in [3.8, 4) is 0 Å². The molecule has 2 heterocycles. The predicted octanol–water partition coefficient (Wildman–Crippen LogP) is 4.09. The lowest BCUT2D eigenvalue weighted by Gasteiger charge is -2.09. The number of nitrogens with one attached hydrogen (secondary N) is 1. The summed E-state index contributed by atoms with van der Waals surface area (Å²) in [5.41, 5.74) is 0.842. The Morgan fingerprint density at radius 3 is 2.91 bits per heavy atom. The number of aromatic nitrogens is 2. The van der Waals surface area contributed by atoms with Gasteiger partial charge >= 0.3 is 0 Å². The zero-order chi connectivity index (χ0) is 15.7. The van der Waals surface area contributed by atoms with Gasteiger partial charge in [-0.25, -0.2) is 0 Å². The highest BCUT2D eigenvalue weighted by Gasteiger charge is 2.11. The van der Waals surface area contributed by atoms with Gasteiger partial charge in [0, 0.05) is 23.2 Å². The molecule has 0 unspecified atom stereocenters. The highest BCUT2D eigenvalue weighted by atomic mass is 32.1. The van der Waals surface area contributed by atoms with Crippen molar-refractivity contribution >= 4 is 43.9 Å². The molecule has 0 saturated heterocycles. The highest BCUT2D eigenvalue weighted by Crippen LogP contribution is 2.29. The predicted molar refractivity (Wildman–Crippen MR) is 94.5 cm³/mol. The van der Waals surface area contributed by atoms with Crippen molar-refractivity contribution in [2.75, 3.05) is 6.61 Å². The van der Waals surface area contributed by atoms with E-state index in [4.69, 9.17) is 17.0 Å². The molecule has 22 heavy (non-hydrogen) atoms. The molecule has 0 saturated carbocycles. The van der Waals surface area contributed by atoms with Crippen LogP contribution >= 0.6 is 23.6 Å². The molecular weight excluding hydrogens is 316 g/mol. The molecular formula is C16H18N2O2S2. The Morgan fingerprint density at radius 2 is 2.14 bits per heavy atom. The van der Waals surface area contributed by atoms with Crippen LogP contribution in [0.3, 0.4) is 0 Å². The second-order valence-corrected chi connectivity index (χ2v) is 6.90. The van der Waals surface area contributed by atoms with Gasteiger partial charge in [-0.05, 0) is 38.6 Å². The molecule has 1 aromatic carbocycles. The number of fused-ring (bicyclic) bond motifs is 3. The zero-order valence-corrected chi connectivity index (χ0v) is 14.2. The van der Waals surface area contributed by atoms with Crippen LogP contribution in [0.25, 0.3) is 20.3 Å². The molecule has 0 spiro atoms. The average Bonchev–Trinajstić information content (AvgIpc) is 2.85. The molecule has 0 amide bonds. The van der Waals surface area contributed by atoms with Crippen molar-refractivity contribution in [1.29, 1.82) is 0 Å². The van der Waals surface area contributed by atoms with Crippen LogP contribution in [0.2, 0.25) is 0 Å². The summed E-state index contributed by atoms with van der Waals surface area (Å²) in [6.07, 6.45) is 0.975. The van der Waals surface area contributed by atoms with E-state index in [0.717, 1.165) is 26.7 Å². The van der Waals surface area contributed by atoms with Crippen LogP contribution in [0.1, 0.15) is 20.3 Å². The van der Waals surface area contributed by atoms with Crippen molar-refractivity contribution in [2.24, 2.45) is 0 Å².